The van der Waals surface area contributed by atoms with Crippen LogP contribution in [0, 0.1) is 0 Å². The van der Waals surface area contributed by atoms with E-state index in [0.29, 0.717) is 0 Å². The van der Waals surface area contributed by atoms with Gasteiger partial charge in [-0.05, 0) is 18.2 Å². The van der Waals surface area contributed by atoms with Crippen LogP contribution in [0.1, 0.15) is 11.7 Å². The van der Waals surface area contributed by atoms with Gasteiger partial charge < -0.3 is 50.0 Å². The molecule has 0 bridgehead atoms. The van der Waals surface area contributed by atoms with Crippen LogP contribution in [0.5, 0.6) is 23.0 Å². The van der Waals surface area contributed by atoms with Gasteiger partial charge in [-0.25, -0.2) is 0 Å². The second-order valence-electron chi connectivity index (χ2n) is 7.46. The highest BCUT2D eigenvalue weighted by molar-refractivity contribution is 5.88. The van der Waals surface area contributed by atoms with E-state index >= 15 is 0 Å². The van der Waals surface area contributed by atoms with E-state index in [9.17, 15) is 45.6 Å². The Labute approximate surface area is 179 Å². The molecule has 2 heterocycles. The van der Waals surface area contributed by atoms with Crippen LogP contribution in [0.4, 0.5) is 0 Å². The Hall–Kier alpha value is -3.35. The number of aromatic hydroxyl groups is 4. The van der Waals surface area contributed by atoms with Crippen LogP contribution in [-0.2, 0) is 4.74 Å². The van der Waals surface area contributed by atoms with E-state index in [1.165, 1.54) is 12.1 Å². The van der Waals surface area contributed by atoms with Crippen molar-refractivity contribution in [3.63, 3.8) is 0 Å². The van der Waals surface area contributed by atoms with Gasteiger partial charge >= 0.3 is 0 Å². The van der Waals surface area contributed by atoms with E-state index < -0.39 is 65.4 Å². The number of aliphatic hydroxyl groups excluding tert-OH is 4. The summed E-state index contributed by atoms with van der Waals surface area (Å²) < 4.78 is 11.0. The number of rotatable bonds is 3. The van der Waals surface area contributed by atoms with Crippen LogP contribution in [0.2, 0.25) is 0 Å². The van der Waals surface area contributed by atoms with Crippen molar-refractivity contribution in [2.75, 3.05) is 6.61 Å². The molecule has 1 aliphatic rings. The van der Waals surface area contributed by atoms with Crippen molar-refractivity contribution in [3.05, 3.63) is 46.1 Å². The Morgan fingerprint density at radius 2 is 1.56 bits per heavy atom. The first-order chi connectivity index (χ1) is 15.1. The lowest BCUT2D eigenvalue weighted by Crippen LogP contribution is -2.55. The second-order valence-corrected chi connectivity index (χ2v) is 7.46. The molecule has 8 N–H and O–H groups in total. The summed E-state index contributed by atoms with van der Waals surface area (Å²) in [6, 6.07) is 5.73. The van der Waals surface area contributed by atoms with E-state index in [0.717, 1.165) is 18.2 Å². The van der Waals surface area contributed by atoms with Crippen LogP contribution in [0.25, 0.3) is 22.3 Å². The summed E-state index contributed by atoms with van der Waals surface area (Å²) in [4.78, 5) is 12.8. The zero-order valence-electron chi connectivity index (χ0n) is 16.3. The fraction of sp³-hybridized carbons (Fsp3) is 0.286. The molecule has 1 aromatic heterocycles. The molecule has 1 fully saturated rings. The zero-order chi connectivity index (χ0) is 23.3. The molecule has 11 nitrogen and oxygen atoms in total. The lowest BCUT2D eigenvalue weighted by molar-refractivity contribution is -0.232. The Morgan fingerprint density at radius 1 is 0.844 bits per heavy atom. The molecule has 0 amide bonds. The predicted octanol–water partition coefficient (Wildman–Crippen LogP) is -0.203. The Bertz CT molecular complexity index is 1230. The molecule has 32 heavy (non-hydrogen) atoms. The molecule has 0 spiro atoms. The van der Waals surface area contributed by atoms with Crippen molar-refractivity contribution in [1.82, 2.24) is 0 Å². The van der Waals surface area contributed by atoms with Crippen LogP contribution in [0.15, 0.2) is 39.5 Å². The third-order valence-corrected chi connectivity index (χ3v) is 5.45. The van der Waals surface area contributed by atoms with Gasteiger partial charge in [0.05, 0.1) is 12.2 Å². The minimum atomic E-state index is -1.80. The summed E-state index contributed by atoms with van der Waals surface area (Å²) in [5, 5.41) is 79.6. The van der Waals surface area contributed by atoms with E-state index in [4.69, 9.17) is 9.15 Å². The summed E-state index contributed by atoms with van der Waals surface area (Å²) in [6.07, 6.45) is -8.09. The maximum Gasteiger partial charge on any atom is 0.197 e. The molecule has 2 aromatic carbocycles. The van der Waals surface area contributed by atoms with Gasteiger partial charge in [-0.15, -0.1) is 0 Å². The first kappa shape index (κ1) is 21.9. The standard InChI is InChI=1S/C21H20O11/c22-6-14-17(27)19(29)20(30)21(32-14)16-11(26)5-13-15(18(16)28)10(25)4-12(31-13)7-1-2-8(23)9(24)3-7/h1-5,14,17,19-24,26-30H,6H2/t14-,17+,19-,20-,21+/m1/s1. The highest BCUT2D eigenvalue weighted by atomic mass is 16.5. The normalized spacial score (nSPS) is 25.8. The number of hydrogen-bond donors (Lipinski definition) is 8. The van der Waals surface area contributed by atoms with Crippen molar-refractivity contribution in [2.45, 2.75) is 30.5 Å². The first-order valence-corrected chi connectivity index (χ1v) is 9.49. The van der Waals surface area contributed by atoms with Crippen molar-refractivity contribution in [1.29, 1.82) is 0 Å². The van der Waals surface area contributed by atoms with Crippen LogP contribution in [0.3, 0.4) is 0 Å². The number of hydrogen-bond acceptors (Lipinski definition) is 11. The molecule has 11 heteroatoms. The Balaban J connectivity index is 1.86. The molecule has 1 aliphatic heterocycles. The summed E-state index contributed by atoms with van der Waals surface area (Å²) in [5.74, 6) is -2.28. The minimum Gasteiger partial charge on any atom is -0.507 e. The van der Waals surface area contributed by atoms with E-state index in [2.05, 4.69) is 0 Å². The number of ether oxygens (including phenoxy) is 1. The quantitative estimate of drug-likeness (QED) is 0.247. The van der Waals surface area contributed by atoms with Gasteiger partial charge in [-0.2, -0.15) is 0 Å². The maximum absolute atomic E-state index is 12.8. The number of benzene rings is 2. The van der Waals surface area contributed by atoms with E-state index in [1.807, 2.05) is 0 Å². The molecule has 170 valence electrons. The third-order valence-electron chi connectivity index (χ3n) is 5.45. The monoisotopic (exact) mass is 448 g/mol. The van der Waals surface area contributed by atoms with Crippen LogP contribution >= 0.6 is 0 Å². The number of phenols is 4. The molecule has 4 rings (SSSR count). The van der Waals surface area contributed by atoms with Gasteiger partial charge in [0, 0.05) is 17.7 Å². The van der Waals surface area contributed by atoms with E-state index in [-0.39, 0.29) is 28.0 Å². The van der Waals surface area contributed by atoms with Crippen LogP contribution < -0.4 is 5.43 Å². The Kier molecular flexibility index (Phi) is 5.44. The van der Waals surface area contributed by atoms with E-state index in [1.54, 1.807) is 0 Å². The van der Waals surface area contributed by atoms with Gasteiger partial charge in [0.1, 0.15) is 58.7 Å². The SMILES string of the molecule is O=c1cc(-c2ccc(O)c(O)c2)oc2cc(O)c([C@@H]3O[C@H](CO)[C@H](O)[C@@H](O)[C@H]3O)c(O)c12. The third kappa shape index (κ3) is 3.42. The molecule has 3 aromatic rings. The van der Waals surface area contributed by atoms with Crippen molar-refractivity contribution in [2.24, 2.45) is 0 Å². The summed E-state index contributed by atoms with van der Waals surface area (Å²) in [6.45, 7) is -0.721. The highest BCUT2D eigenvalue weighted by Gasteiger charge is 2.46. The topological polar surface area (TPSA) is 201 Å². The fourth-order valence-electron chi connectivity index (χ4n) is 3.74. The largest absolute Gasteiger partial charge is 0.507 e. The summed E-state index contributed by atoms with van der Waals surface area (Å²) in [7, 11) is 0. The van der Waals surface area contributed by atoms with Gasteiger partial charge in [0.25, 0.3) is 0 Å². The molecule has 5 atom stereocenters. The Morgan fingerprint density at radius 3 is 2.22 bits per heavy atom. The average Bonchev–Trinajstić information content (AvgIpc) is 2.74. The van der Waals surface area contributed by atoms with Crippen molar-refractivity contribution < 1.29 is 50.0 Å². The zero-order valence-corrected chi connectivity index (χ0v) is 16.3. The number of fused-ring (bicyclic) bond motifs is 1. The molecule has 0 aliphatic carbocycles. The number of phenolic OH excluding ortho intramolecular Hbond substituents is 4. The highest BCUT2D eigenvalue weighted by Crippen LogP contribution is 2.44. The summed E-state index contributed by atoms with van der Waals surface area (Å²) in [5.41, 5.74) is -1.17. The summed E-state index contributed by atoms with van der Waals surface area (Å²) >= 11 is 0. The van der Waals surface area contributed by atoms with Crippen LogP contribution in [-0.4, -0.2) is 71.9 Å². The smallest absolute Gasteiger partial charge is 0.197 e. The first-order valence-electron chi connectivity index (χ1n) is 9.49. The number of aliphatic hydroxyl groups is 4. The molecule has 0 saturated carbocycles. The van der Waals surface area contributed by atoms with Crippen molar-refractivity contribution >= 4 is 11.0 Å². The molecular formula is C21H20O11. The lowest BCUT2D eigenvalue weighted by Gasteiger charge is -2.40. The van der Waals surface area contributed by atoms with Gasteiger partial charge in [-0.3, -0.25) is 4.79 Å². The van der Waals surface area contributed by atoms with Gasteiger partial charge in [0.15, 0.2) is 16.9 Å². The van der Waals surface area contributed by atoms with Gasteiger partial charge in [0.2, 0.25) is 0 Å². The molecule has 0 radical (unpaired) electrons. The second kappa shape index (κ2) is 7.97. The lowest BCUT2D eigenvalue weighted by atomic mass is 9.89. The average molecular weight is 448 g/mol. The molecular weight excluding hydrogens is 428 g/mol. The fourth-order valence-corrected chi connectivity index (χ4v) is 3.74. The molecule has 0 unspecified atom stereocenters. The maximum atomic E-state index is 12.8. The predicted molar refractivity (Wildman–Crippen MR) is 107 cm³/mol. The molecule has 1 saturated heterocycles. The van der Waals surface area contributed by atoms with Crippen molar-refractivity contribution in [3.8, 4) is 34.3 Å². The minimum absolute atomic E-state index is 0.0304. The van der Waals surface area contributed by atoms with Gasteiger partial charge in [-0.1, -0.05) is 0 Å².